The number of nitrogens with zero attached hydrogens (tertiary/aromatic N) is 4. The van der Waals surface area contributed by atoms with Crippen molar-refractivity contribution in [1.82, 2.24) is 14.8 Å². The van der Waals surface area contributed by atoms with Gasteiger partial charge in [0.1, 0.15) is 11.9 Å². The van der Waals surface area contributed by atoms with Gasteiger partial charge in [-0.15, -0.1) is 10.2 Å². The third-order valence-corrected chi connectivity index (χ3v) is 4.25. The highest BCUT2D eigenvalue weighted by Crippen LogP contribution is 2.24. The Balaban J connectivity index is 1.74. The second kappa shape index (κ2) is 8.30. The van der Waals surface area contributed by atoms with Crippen LogP contribution in [0.25, 0.3) is 11.4 Å². The molecule has 2 aromatic rings. The van der Waals surface area contributed by atoms with E-state index in [-0.39, 0.29) is 12.2 Å². The molecule has 3 rings (SSSR count). The van der Waals surface area contributed by atoms with Crippen LogP contribution in [0.3, 0.4) is 0 Å². The first-order valence-corrected chi connectivity index (χ1v) is 8.79. The van der Waals surface area contributed by atoms with Crippen molar-refractivity contribution >= 4 is 11.7 Å². The maximum absolute atomic E-state index is 11.6. The van der Waals surface area contributed by atoms with Crippen LogP contribution < -0.4 is 5.32 Å². The standard InChI is InChI=1S/C19H21N5O2/c1-2-26-19(25)15(12-20)13-21-16-9-7-14(8-10-16)18-23-22-17-6-4-3-5-11-24(17)18/h7-10,13,21H,2-6,11H2,1H3/b15-13+. The third-order valence-electron chi connectivity index (χ3n) is 4.25. The summed E-state index contributed by atoms with van der Waals surface area (Å²) in [5.74, 6) is 1.30. The van der Waals surface area contributed by atoms with Crippen molar-refractivity contribution in [3.8, 4) is 17.5 Å². The Hall–Kier alpha value is -3.14. The van der Waals surface area contributed by atoms with Gasteiger partial charge in [0.25, 0.3) is 0 Å². The normalized spacial score (nSPS) is 14.1. The van der Waals surface area contributed by atoms with Crippen LogP contribution >= 0.6 is 0 Å². The van der Waals surface area contributed by atoms with Crippen LogP contribution in [0.2, 0.25) is 0 Å². The van der Waals surface area contributed by atoms with Crippen molar-refractivity contribution < 1.29 is 9.53 Å². The van der Waals surface area contributed by atoms with E-state index < -0.39 is 5.97 Å². The number of esters is 1. The van der Waals surface area contributed by atoms with E-state index in [1.54, 1.807) is 6.92 Å². The summed E-state index contributed by atoms with van der Waals surface area (Å²) in [6, 6.07) is 9.50. The Morgan fingerprint density at radius 3 is 2.85 bits per heavy atom. The molecule has 1 aliphatic heterocycles. The zero-order chi connectivity index (χ0) is 18.4. The van der Waals surface area contributed by atoms with Gasteiger partial charge in [0.05, 0.1) is 6.61 Å². The van der Waals surface area contributed by atoms with Crippen molar-refractivity contribution in [2.24, 2.45) is 0 Å². The Labute approximate surface area is 152 Å². The number of ether oxygens (including phenoxy) is 1. The topological polar surface area (TPSA) is 92.8 Å². The molecule has 1 N–H and O–H groups in total. The number of carbonyl (C=O) groups is 1. The van der Waals surface area contributed by atoms with E-state index in [0.717, 1.165) is 48.7 Å². The monoisotopic (exact) mass is 351 g/mol. The second-order valence-electron chi connectivity index (χ2n) is 6.01. The molecule has 0 amide bonds. The molecule has 0 saturated heterocycles. The number of fused-ring (bicyclic) bond motifs is 1. The highest BCUT2D eigenvalue weighted by atomic mass is 16.5. The fraction of sp³-hybridized carbons (Fsp3) is 0.368. The quantitative estimate of drug-likeness (QED) is 0.505. The summed E-state index contributed by atoms with van der Waals surface area (Å²) < 4.78 is 7.03. The van der Waals surface area contributed by atoms with E-state index in [1.807, 2.05) is 30.3 Å². The van der Waals surface area contributed by atoms with Crippen molar-refractivity contribution in [1.29, 1.82) is 5.26 Å². The van der Waals surface area contributed by atoms with Crippen molar-refractivity contribution in [2.45, 2.75) is 39.2 Å². The zero-order valence-corrected chi connectivity index (χ0v) is 14.7. The number of benzene rings is 1. The molecule has 2 heterocycles. The third kappa shape index (κ3) is 3.91. The molecule has 134 valence electrons. The second-order valence-corrected chi connectivity index (χ2v) is 6.01. The minimum Gasteiger partial charge on any atom is -0.462 e. The summed E-state index contributed by atoms with van der Waals surface area (Å²) in [5.41, 5.74) is 1.69. The van der Waals surface area contributed by atoms with Gasteiger partial charge in [0.15, 0.2) is 11.4 Å². The van der Waals surface area contributed by atoms with Crippen LogP contribution in [-0.4, -0.2) is 27.3 Å². The first-order chi connectivity index (χ1) is 12.7. The van der Waals surface area contributed by atoms with E-state index >= 15 is 0 Å². The van der Waals surface area contributed by atoms with E-state index in [1.165, 1.54) is 12.6 Å². The lowest BCUT2D eigenvalue weighted by atomic mass is 10.2. The number of hydrogen-bond acceptors (Lipinski definition) is 6. The number of nitrogens with one attached hydrogen (secondary N) is 1. The van der Waals surface area contributed by atoms with Crippen LogP contribution in [0, 0.1) is 11.3 Å². The summed E-state index contributed by atoms with van der Waals surface area (Å²) in [4.78, 5) is 11.6. The summed E-state index contributed by atoms with van der Waals surface area (Å²) in [5, 5.41) is 20.7. The predicted molar refractivity (Wildman–Crippen MR) is 97.0 cm³/mol. The molecule has 0 aliphatic carbocycles. The summed E-state index contributed by atoms with van der Waals surface area (Å²) in [6.45, 7) is 2.88. The van der Waals surface area contributed by atoms with Crippen LogP contribution in [0.4, 0.5) is 5.69 Å². The highest BCUT2D eigenvalue weighted by Gasteiger charge is 2.15. The molecule has 0 bridgehead atoms. The number of aromatic nitrogens is 3. The van der Waals surface area contributed by atoms with Crippen LogP contribution in [0.5, 0.6) is 0 Å². The molecular weight excluding hydrogens is 330 g/mol. The first-order valence-electron chi connectivity index (χ1n) is 8.79. The molecule has 7 nitrogen and oxygen atoms in total. The minimum atomic E-state index is -0.634. The lowest BCUT2D eigenvalue weighted by Gasteiger charge is -2.08. The molecule has 0 spiro atoms. The van der Waals surface area contributed by atoms with E-state index in [4.69, 9.17) is 10.00 Å². The predicted octanol–water partition coefficient (Wildman–Crippen LogP) is 3.05. The van der Waals surface area contributed by atoms with Gasteiger partial charge < -0.3 is 14.6 Å². The fourth-order valence-corrected chi connectivity index (χ4v) is 2.92. The number of rotatable bonds is 5. The smallest absolute Gasteiger partial charge is 0.350 e. The maximum Gasteiger partial charge on any atom is 0.350 e. The van der Waals surface area contributed by atoms with Crippen LogP contribution in [0.15, 0.2) is 36.0 Å². The molecule has 0 saturated carbocycles. The highest BCUT2D eigenvalue weighted by molar-refractivity contribution is 5.93. The maximum atomic E-state index is 11.6. The van der Waals surface area contributed by atoms with Crippen molar-refractivity contribution in [2.75, 3.05) is 11.9 Å². The van der Waals surface area contributed by atoms with Crippen LogP contribution in [0.1, 0.15) is 32.0 Å². The number of aryl methyl sites for hydroxylation is 1. The average molecular weight is 351 g/mol. The lowest BCUT2D eigenvalue weighted by Crippen LogP contribution is -2.07. The number of nitriles is 1. The zero-order valence-electron chi connectivity index (χ0n) is 14.7. The fourth-order valence-electron chi connectivity index (χ4n) is 2.92. The Bertz CT molecular complexity index is 846. The van der Waals surface area contributed by atoms with E-state index in [2.05, 4.69) is 20.1 Å². The summed E-state index contributed by atoms with van der Waals surface area (Å²) >= 11 is 0. The molecule has 1 aromatic carbocycles. The molecule has 0 unspecified atom stereocenters. The van der Waals surface area contributed by atoms with Gasteiger partial charge in [-0.1, -0.05) is 6.42 Å². The molecule has 7 heteroatoms. The molecule has 26 heavy (non-hydrogen) atoms. The Morgan fingerprint density at radius 1 is 1.31 bits per heavy atom. The van der Waals surface area contributed by atoms with E-state index in [9.17, 15) is 4.79 Å². The van der Waals surface area contributed by atoms with Gasteiger partial charge >= 0.3 is 5.97 Å². The summed E-state index contributed by atoms with van der Waals surface area (Å²) in [6.07, 6.45) is 5.86. The molecule has 0 fully saturated rings. The minimum absolute atomic E-state index is 0.0706. The molecule has 0 atom stereocenters. The largest absolute Gasteiger partial charge is 0.462 e. The molecule has 1 aliphatic rings. The number of carbonyl (C=O) groups excluding carboxylic acids is 1. The van der Waals surface area contributed by atoms with Gasteiger partial charge in [-0.25, -0.2) is 4.79 Å². The molecular formula is C19H21N5O2. The van der Waals surface area contributed by atoms with Crippen molar-refractivity contribution in [3.05, 3.63) is 41.9 Å². The van der Waals surface area contributed by atoms with E-state index in [0.29, 0.717) is 0 Å². The van der Waals surface area contributed by atoms with Gasteiger partial charge in [-0.05, 0) is 44.0 Å². The Kier molecular flexibility index (Phi) is 5.64. The number of hydrogen-bond donors (Lipinski definition) is 1. The summed E-state index contributed by atoms with van der Waals surface area (Å²) in [7, 11) is 0. The first kappa shape index (κ1) is 17.7. The SMILES string of the molecule is CCOC(=O)/C(C#N)=C/Nc1ccc(-c2nnc3n2CCCCC3)cc1. The average Bonchev–Trinajstić information content (AvgIpc) is 2.91. The van der Waals surface area contributed by atoms with Crippen LogP contribution in [-0.2, 0) is 22.5 Å². The van der Waals surface area contributed by atoms with Crippen molar-refractivity contribution in [3.63, 3.8) is 0 Å². The van der Waals surface area contributed by atoms with Gasteiger partial charge in [0.2, 0.25) is 0 Å². The van der Waals surface area contributed by atoms with Gasteiger partial charge in [-0.2, -0.15) is 5.26 Å². The van der Waals surface area contributed by atoms with Gasteiger partial charge in [0, 0.05) is 30.4 Å². The molecule has 1 aromatic heterocycles. The lowest BCUT2D eigenvalue weighted by molar-refractivity contribution is -0.138. The van der Waals surface area contributed by atoms with Gasteiger partial charge in [-0.3, -0.25) is 0 Å². The molecule has 0 radical (unpaired) electrons. The Morgan fingerprint density at radius 2 is 2.12 bits per heavy atom. The number of anilines is 1.